The molecule has 0 bridgehead atoms. The minimum atomic E-state index is -5.38. The normalized spacial score (nSPS) is 9.50. The quantitative estimate of drug-likeness (QED) is 0.479. The SMILES string of the molecule is [Cr].[O]=[Mn](=[O])(=[O])[OH]. The van der Waals surface area contributed by atoms with E-state index in [4.69, 9.17) is 15.7 Å². The second-order valence-electron chi connectivity index (χ2n) is 0.396. The van der Waals surface area contributed by atoms with Crippen molar-refractivity contribution >= 4 is 0 Å². The van der Waals surface area contributed by atoms with Crippen LogP contribution in [0, 0.1) is 0 Å². The number of rotatable bonds is 0. The Bertz CT molecular complexity index is 129. The van der Waals surface area contributed by atoms with Crippen LogP contribution in [-0.4, -0.2) is 4.19 Å². The molecule has 0 saturated heterocycles. The molecule has 0 spiro atoms. The average molecular weight is 172 g/mol. The monoisotopic (exact) mass is 172 g/mol. The van der Waals surface area contributed by atoms with E-state index in [-0.39, 0.29) is 17.4 Å². The standard InChI is InChI=1S/Cr.Mn.H2O.3O/h;;1H2;;;/q;+1;;;;/p-1. The first kappa shape index (κ1) is 9.65. The molecule has 0 aliphatic heterocycles. The van der Waals surface area contributed by atoms with Crippen molar-refractivity contribution in [2.45, 2.75) is 0 Å². The van der Waals surface area contributed by atoms with Crippen molar-refractivity contribution in [2.75, 3.05) is 0 Å². The van der Waals surface area contributed by atoms with Gasteiger partial charge in [-0.05, 0) is 0 Å². The van der Waals surface area contributed by atoms with Gasteiger partial charge in [-0.2, -0.15) is 0 Å². The fourth-order valence-corrected chi connectivity index (χ4v) is 0. The van der Waals surface area contributed by atoms with Gasteiger partial charge in [0.25, 0.3) is 0 Å². The third kappa shape index (κ3) is 303. The van der Waals surface area contributed by atoms with Crippen LogP contribution in [0.5, 0.6) is 0 Å². The van der Waals surface area contributed by atoms with E-state index in [0.29, 0.717) is 0 Å². The van der Waals surface area contributed by atoms with Gasteiger partial charge < -0.3 is 0 Å². The Hall–Kier alpha value is 0.412. The summed E-state index contributed by atoms with van der Waals surface area (Å²) in [5, 5.41) is 0. The first-order valence-corrected chi connectivity index (χ1v) is 2.61. The Morgan fingerprint density at radius 2 is 1.17 bits per heavy atom. The van der Waals surface area contributed by atoms with Gasteiger partial charge in [0, 0.05) is 17.4 Å². The molecule has 0 amide bonds. The number of hydrogen-bond acceptors (Lipinski definition) is 3. The summed E-state index contributed by atoms with van der Waals surface area (Å²) in [7, 11) is 0. The summed E-state index contributed by atoms with van der Waals surface area (Å²) in [6, 6.07) is 0. The third-order valence-electron chi connectivity index (χ3n) is 0. The Morgan fingerprint density at radius 3 is 1.17 bits per heavy atom. The topological polar surface area (TPSA) is 71.4 Å². The van der Waals surface area contributed by atoms with Crippen molar-refractivity contribution in [3.05, 3.63) is 0 Å². The van der Waals surface area contributed by atoms with Crippen molar-refractivity contribution in [2.24, 2.45) is 0 Å². The maximum atomic E-state index is 8.69. The summed E-state index contributed by atoms with van der Waals surface area (Å²) in [4.78, 5) is 0. The first-order valence-electron chi connectivity index (χ1n) is 0.632. The predicted octanol–water partition coefficient (Wildman–Crippen LogP) is -0.918. The molecular formula is HCrMnO4. The molecule has 1 N–H and O–H groups in total. The van der Waals surface area contributed by atoms with Crippen LogP contribution in [0.2, 0.25) is 0 Å². The van der Waals surface area contributed by atoms with Crippen LogP contribution in [-0.2, 0) is 41.8 Å². The molecule has 0 aromatic rings. The molecule has 38 valence electrons. The van der Waals surface area contributed by atoms with Gasteiger partial charge in [-0.1, -0.05) is 0 Å². The van der Waals surface area contributed by atoms with E-state index in [9.17, 15) is 0 Å². The van der Waals surface area contributed by atoms with Crippen LogP contribution in [0.1, 0.15) is 0 Å². The van der Waals surface area contributed by atoms with E-state index < -0.39 is 13.0 Å². The van der Waals surface area contributed by atoms with Crippen LogP contribution in [0.15, 0.2) is 0 Å². The Balaban J connectivity index is 0. The summed E-state index contributed by atoms with van der Waals surface area (Å²) in [5.74, 6) is 0. The van der Waals surface area contributed by atoms with Crippen molar-refractivity contribution < 1.29 is 46.0 Å². The molecular weight excluding hydrogens is 171 g/mol. The molecule has 6 heavy (non-hydrogen) atoms. The molecule has 0 unspecified atom stereocenters. The van der Waals surface area contributed by atoms with Gasteiger partial charge in [0.1, 0.15) is 0 Å². The molecule has 0 aromatic heterocycles. The summed E-state index contributed by atoms with van der Waals surface area (Å²) in [6.45, 7) is 0. The zero-order valence-electron chi connectivity index (χ0n) is 2.46. The summed E-state index contributed by atoms with van der Waals surface area (Å²) in [6.07, 6.45) is 0. The van der Waals surface area contributed by atoms with E-state index >= 15 is 0 Å². The second kappa shape index (κ2) is 2.56. The Kier molecular flexibility index (Phi) is 4.12. The number of hydrogen-bond donors (Lipinski definition) is 1. The Morgan fingerprint density at radius 1 is 1.17 bits per heavy atom. The van der Waals surface area contributed by atoms with E-state index in [0.717, 1.165) is 0 Å². The third-order valence-corrected chi connectivity index (χ3v) is 0. The van der Waals surface area contributed by atoms with Gasteiger partial charge in [0.15, 0.2) is 0 Å². The summed E-state index contributed by atoms with van der Waals surface area (Å²) < 4.78 is 33.1. The molecule has 0 aliphatic carbocycles. The maximum absolute atomic E-state index is 8.69. The molecule has 6 heteroatoms. The van der Waals surface area contributed by atoms with Crippen molar-refractivity contribution in [3.8, 4) is 0 Å². The van der Waals surface area contributed by atoms with Gasteiger partial charge in [-0.3, -0.25) is 0 Å². The zero-order valence-corrected chi connectivity index (χ0v) is 4.91. The zero-order chi connectivity index (χ0) is 4.50. The van der Waals surface area contributed by atoms with Crippen molar-refractivity contribution in [1.29, 1.82) is 0 Å². The molecule has 0 aliphatic rings. The Labute approximate surface area is 46.5 Å². The molecule has 0 saturated carbocycles. The summed E-state index contributed by atoms with van der Waals surface area (Å²) in [5.41, 5.74) is 0. The van der Waals surface area contributed by atoms with Gasteiger partial charge in [0.05, 0.1) is 0 Å². The fourth-order valence-electron chi connectivity index (χ4n) is 0. The van der Waals surface area contributed by atoms with Crippen molar-refractivity contribution in [3.63, 3.8) is 0 Å². The van der Waals surface area contributed by atoms with Crippen LogP contribution < -0.4 is 0 Å². The van der Waals surface area contributed by atoms with E-state index in [2.05, 4.69) is 0 Å². The van der Waals surface area contributed by atoms with Crippen LogP contribution in [0.25, 0.3) is 0 Å². The first-order chi connectivity index (χ1) is 2.00. The van der Waals surface area contributed by atoms with E-state index in [1.165, 1.54) is 0 Å². The van der Waals surface area contributed by atoms with Gasteiger partial charge in [-0.15, -0.1) is 0 Å². The molecule has 4 nitrogen and oxygen atoms in total. The predicted molar refractivity (Wildman–Crippen MR) is 4.28 cm³/mol. The van der Waals surface area contributed by atoms with Gasteiger partial charge in [-0.25, -0.2) is 0 Å². The molecule has 0 fully saturated rings. The van der Waals surface area contributed by atoms with Crippen molar-refractivity contribution in [1.82, 2.24) is 0 Å². The van der Waals surface area contributed by atoms with E-state index in [1.807, 2.05) is 0 Å². The van der Waals surface area contributed by atoms with Crippen LogP contribution >= 0.6 is 0 Å². The molecule has 0 heterocycles. The van der Waals surface area contributed by atoms with Crippen LogP contribution in [0.3, 0.4) is 0 Å². The molecule has 0 aromatic carbocycles. The van der Waals surface area contributed by atoms with E-state index in [1.54, 1.807) is 0 Å². The van der Waals surface area contributed by atoms with Gasteiger partial charge in [0.2, 0.25) is 0 Å². The fraction of sp³-hybridized carbons (Fsp3) is 0. The van der Waals surface area contributed by atoms with Gasteiger partial charge >= 0.3 is 28.7 Å². The molecule has 0 atom stereocenters. The average Bonchev–Trinajstić information content (AvgIpc) is 0.722. The summed E-state index contributed by atoms with van der Waals surface area (Å²) >= 11 is -5.38. The van der Waals surface area contributed by atoms with Crippen LogP contribution in [0.4, 0.5) is 0 Å². The molecule has 0 rings (SSSR count). The second-order valence-corrected chi connectivity index (χ2v) is 1.63. The minimum absolute atomic E-state index is 0. The molecule has 0 radical (unpaired) electrons.